The van der Waals surface area contributed by atoms with Gasteiger partial charge in [0.2, 0.25) is 0 Å². The van der Waals surface area contributed by atoms with E-state index in [2.05, 4.69) is 60.2 Å². The van der Waals surface area contributed by atoms with E-state index in [0.29, 0.717) is 6.61 Å². The van der Waals surface area contributed by atoms with Gasteiger partial charge in [0.15, 0.2) is 0 Å². The van der Waals surface area contributed by atoms with Gasteiger partial charge in [-0.2, -0.15) is 0 Å². The minimum atomic E-state index is -0.144. The number of benzene rings is 1. The van der Waals surface area contributed by atoms with Crippen LogP contribution in [-0.2, 0) is 9.47 Å². The molecule has 1 aromatic rings. The molecule has 3 nitrogen and oxygen atoms in total. The highest BCUT2D eigenvalue weighted by Crippen LogP contribution is 2.26. The summed E-state index contributed by atoms with van der Waals surface area (Å²) >= 11 is 3.62. The van der Waals surface area contributed by atoms with Crippen LogP contribution in [0.1, 0.15) is 45.3 Å². The van der Waals surface area contributed by atoms with Crippen LogP contribution in [0.2, 0.25) is 0 Å². The molecule has 0 aliphatic rings. The van der Waals surface area contributed by atoms with Crippen molar-refractivity contribution in [2.24, 2.45) is 0 Å². The fourth-order valence-electron chi connectivity index (χ4n) is 1.95. The summed E-state index contributed by atoms with van der Waals surface area (Å²) in [5.74, 6) is 0. The van der Waals surface area contributed by atoms with Crippen LogP contribution in [-0.4, -0.2) is 32.4 Å². The van der Waals surface area contributed by atoms with Crippen LogP contribution in [0.3, 0.4) is 0 Å². The van der Waals surface area contributed by atoms with Gasteiger partial charge < -0.3 is 14.8 Å². The molecule has 1 atom stereocenters. The van der Waals surface area contributed by atoms with Crippen molar-refractivity contribution >= 4 is 15.9 Å². The lowest BCUT2D eigenvalue weighted by Gasteiger charge is -2.25. The minimum Gasteiger partial charge on any atom is -0.379 e. The van der Waals surface area contributed by atoms with E-state index in [1.54, 1.807) is 7.11 Å². The molecule has 1 unspecified atom stereocenters. The lowest BCUT2D eigenvalue weighted by molar-refractivity contribution is -0.0273. The second-order valence-corrected chi connectivity index (χ2v) is 6.65. The zero-order chi connectivity index (χ0) is 15.7. The minimum absolute atomic E-state index is 0.0554. The molecule has 0 bridgehead atoms. The molecule has 0 fully saturated rings. The first-order chi connectivity index (χ1) is 10.00. The van der Waals surface area contributed by atoms with Gasteiger partial charge in [0.1, 0.15) is 0 Å². The first-order valence-corrected chi connectivity index (χ1v) is 8.41. The molecule has 1 N–H and O–H groups in total. The molecular formula is C17H28BrNO2. The fourth-order valence-corrected chi connectivity index (χ4v) is 2.49. The molecule has 21 heavy (non-hydrogen) atoms. The smallest absolute Gasteiger partial charge is 0.0960 e. The van der Waals surface area contributed by atoms with Crippen LogP contribution >= 0.6 is 15.9 Å². The van der Waals surface area contributed by atoms with Gasteiger partial charge in [0.05, 0.1) is 18.3 Å². The lowest BCUT2D eigenvalue weighted by atomic mass is 10.1. The van der Waals surface area contributed by atoms with E-state index in [1.165, 1.54) is 5.56 Å². The number of hydrogen-bond acceptors (Lipinski definition) is 3. The van der Waals surface area contributed by atoms with Gasteiger partial charge in [-0.15, -0.1) is 0 Å². The zero-order valence-electron chi connectivity index (χ0n) is 13.6. The highest BCUT2D eigenvalue weighted by molar-refractivity contribution is 9.10. The molecule has 0 aliphatic carbocycles. The van der Waals surface area contributed by atoms with E-state index in [1.807, 2.05) is 6.07 Å². The van der Waals surface area contributed by atoms with E-state index in [9.17, 15) is 0 Å². The molecule has 0 aliphatic heterocycles. The number of halogens is 1. The third-order valence-corrected chi connectivity index (χ3v) is 4.31. The van der Waals surface area contributed by atoms with Gasteiger partial charge >= 0.3 is 0 Å². The Morgan fingerprint density at radius 1 is 1.29 bits per heavy atom. The van der Waals surface area contributed by atoms with Crippen molar-refractivity contribution in [2.75, 3.05) is 26.8 Å². The summed E-state index contributed by atoms with van der Waals surface area (Å²) in [7, 11) is 1.74. The second-order valence-electron chi connectivity index (χ2n) is 5.80. The van der Waals surface area contributed by atoms with Crippen molar-refractivity contribution in [1.29, 1.82) is 0 Å². The monoisotopic (exact) mass is 357 g/mol. The summed E-state index contributed by atoms with van der Waals surface area (Å²) in [6.07, 6.45) is 2.05. The molecule has 0 saturated heterocycles. The number of ether oxygens (including phenoxy) is 2. The summed E-state index contributed by atoms with van der Waals surface area (Å²) in [4.78, 5) is 0. The lowest BCUT2D eigenvalue weighted by Crippen LogP contribution is -2.28. The summed E-state index contributed by atoms with van der Waals surface area (Å²) in [5, 5.41) is 3.45. The van der Waals surface area contributed by atoms with Gasteiger partial charge in [-0.25, -0.2) is 0 Å². The van der Waals surface area contributed by atoms with Gasteiger partial charge in [0.25, 0.3) is 0 Å². The number of rotatable bonds is 10. The van der Waals surface area contributed by atoms with Crippen molar-refractivity contribution < 1.29 is 9.47 Å². The molecular weight excluding hydrogens is 330 g/mol. The average molecular weight is 358 g/mol. The zero-order valence-corrected chi connectivity index (χ0v) is 15.2. The predicted molar refractivity (Wildman–Crippen MR) is 91.7 cm³/mol. The van der Waals surface area contributed by atoms with E-state index < -0.39 is 0 Å². The van der Waals surface area contributed by atoms with Crippen LogP contribution in [0, 0.1) is 0 Å². The molecule has 0 amide bonds. The van der Waals surface area contributed by atoms with Crippen molar-refractivity contribution in [3.63, 3.8) is 0 Å². The molecule has 0 aromatic heterocycles. The normalized spacial score (nSPS) is 13.4. The van der Waals surface area contributed by atoms with Crippen molar-refractivity contribution in [3.8, 4) is 0 Å². The first kappa shape index (κ1) is 18.6. The summed E-state index contributed by atoms with van der Waals surface area (Å²) in [6.45, 7) is 8.85. The Bertz CT molecular complexity index is 410. The maximum Gasteiger partial charge on any atom is 0.0960 e. The van der Waals surface area contributed by atoms with Crippen LogP contribution in [0.4, 0.5) is 0 Å². The van der Waals surface area contributed by atoms with Gasteiger partial charge in [-0.3, -0.25) is 0 Å². The Kier molecular flexibility index (Phi) is 8.49. The molecule has 0 heterocycles. The number of nitrogens with one attached hydrogen (secondary N) is 1. The third-order valence-electron chi connectivity index (χ3n) is 3.58. The first-order valence-electron chi connectivity index (χ1n) is 7.62. The number of hydrogen-bond donors (Lipinski definition) is 1. The standard InChI is InChI=1S/C17H28BrNO2/c1-5-11-19-13-16(14-8-6-7-9-15(14)18)21-12-10-17(2,3)20-4/h6-9,16,19H,5,10-13H2,1-4H3. The topological polar surface area (TPSA) is 30.5 Å². The highest BCUT2D eigenvalue weighted by Gasteiger charge is 2.19. The van der Waals surface area contributed by atoms with E-state index in [-0.39, 0.29) is 11.7 Å². The number of methoxy groups -OCH3 is 1. The largest absolute Gasteiger partial charge is 0.379 e. The molecule has 1 rings (SSSR count). The Morgan fingerprint density at radius 3 is 2.62 bits per heavy atom. The SMILES string of the molecule is CCCNCC(OCCC(C)(C)OC)c1ccccc1Br. The van der Waals surface area contributed by atoms with Crippen LogP contribution in [0.25, 0.3) is 0 Å². The van der Waals surface area contributed by atoms with E-state index in [0.717, 1.165) is 30.4 Å². The highest BCUT2D eigenvalue weighted by atomic mass is 79.9. The molecule has 0 radical (unpaired) electrons. The van der Waals surface area contributed by atoms with E-state index >= 15 is 0 Å². The maximum atomic E-state index is 6.12. The van der Waals surface area contributed by atoms with Crippen molar-refractivity contribution in [2.45, 2.75) is 45.3 Å². The van der Waals surface area contributed by atoms with Crippen LogP contribution in [0.15, 0.2) is 28.7 Å². The van der Waals surface area contributed by atoms with Gasteiger partial charge in [-0.1, -0.05) is 41.1 Å². The molecule has 120 valence electrons. The summed E-state index contributed by atoms with van der Waals surface area (Å²) in [6, 6.07) is 8.25. The predicted octanol–water partition coefficient (Wildman–Crippen LogP) is 4.32. The van der Waals surface area contributed by atoms with Crippen LogP contribution in [0.5, 0.6) is 0 Å². The average Bonchev–Trinajstić information content (AvgIpc) is 2.46. The Morgan fingerprint density at radius 2 is 2.00 bits per heavy atom. The summed E-state index contributed by atoms with van der Waals surface area (Å²) in [5.41, 5.74) is 1.05. The second kappa shape index (κ2) is 9.57. The molecule has 0 spiro atoms. The van der Waals surface area contributed by atoms with Gasteiger partial charge in [-0.05, 0) is 44.9 Å². The molecule has 0 saturated carbocycles. The third kappa shape index (κ3) is 6.92. The Balaban J connectivity index is 2.63. The summed E-state index contributed by atoms with van der Waals surface area (Å²) < 4.78 is 12.7. The fraction of sp³-hybridized carbons (Fsp3) is 0.647. The van der Waals surface area contributed by atoms with E-state index in [4.69, 9.17) is 9.47 Å². The maximum absolute atomic E-state index is 6.12. The molecule has 1 aromatic carbocycles. The van der Waals surface area contributed by atoms with Crippen LogP contribution < -0.4 is 5.32 Å². The van der Waals surface area contributed by atoms with Gasteiger partial charge in [0, 0.05) is 18.1 Å². The quantitative estimate of drug-likeness (QED) is 0.632. The Labute approximate surface area is 137 Å². The Hall–Kier alpha value is -0.420. The van der Waals surface area contributed by atoms with Crippen molar-refractivity contribution in [1.82, 2.24) is 5.32 Å². The molecule has 4 heteroatoms. The van der Waals surface area contributed by atoms with Crippen molar-refractivity contribution in [3.05, 3.63) is 34.3 Å².